The van der Waals surface area contributed by atoms with Gasteiger partial charge in [-0.1, -0.05) is 49.4 Å². The van der Waals surface area contributed by atoms with Crippen molar-refractivity contribution >= 4 is 17.7 Å². The minimum atomic E-state index is -0.535. The first kappa shape index (κ1) is 23.9. The molecule has 3 amide bonds. The molecule has 34 heavy (non-hydrogen) atoms. The monoisotopic (exact) mass is 465 g/mol. The molecule has 2 aromatic rings. The van der Waals surface area contributed by atoms with Gasteiger partial charge in [0.1, 0.15) is 5.82 Å². The summed E-state index contributed by atoms with van der Waals surface area (Å²) in [6, 6.07) is 15.7. The van der Waals surface area contributed by atoms with Gasteiger partial charge in [0.15, 0.2) is 0 Å². The summed E-state index contributed by atoms with van der Waals surface area (Å²) in [4.78, 5) is 44.1. The predicted octanol–water partition coefficient (Wildman–Crippen LogP) is 3.43. The number of likely N-dealkylation sites (tertiary alicyclic amines) is 1. The Balaban J connectivity index is 1.38. The van der Waals surface area contributed by atoms with E-state index in [1.165, 1.54) is 12.1 Å². The van der Waals surface area contributed by atoms with Crippen molar-refractivity contribution in [2.24, 2.45) is 5.41 Å². The summed E-state index contributed by atoms with van der Waals surface area (Å²) in [7, 11) is 0. The Morgan fingerprint density at radius 3 is 2.18 bits per heavy atom. The van der Waals surface area contributed by atoms with Crippen LogP contribution in [-0.4, -0.2) is 65.1 Å². The van der Waals surface area contributed by atoms with E-state index < -0.39 is 5.41 Å². The van der Waals surface area contributed by atoms with E-state index in [2.05, 4.69) is 0 Å². The van der Waals surface area contributed by atoms with E-state index in [9.17, 15) is 18.8 Å². The number of piperazine rings is 1. The fourth-order valence-electron chi connectivity index (χ4n) is 5.04. The van der Waals surface area contributed by atoms with Gasteiger partial charge in [0, 0.05) is 45.1 Å². The van der Waals surface area contributed by atoms with Crippen molar-refractivity contribution in [1.29, 1.82) is 0 Å². The summed E-state index contributed by atoms with van der Waals surface area (Å²) >= 11 is 0. The molecule has 0 unspecified atom stereocenters. The molecule has 2 aromatic carbocycles. The molecule has 0 radical (unpaired) electrons. The summed E-state index contributed by atoms with van der Waals surface area (Å²) in [5.41, 5.74) is 1.28. The Hall–Kier alpha value is -3.22. The molecule has 2 aliphatic rings. The van der Waals surface area contributed by atoms with Crippen molar-refractivity contribution in [3.63, 3.8) is 0 Å². The number of nitrogens with zero attached hydrogens (tertiary/aromatic N) is 3. The van der Waals surface area contributed by atoms with Gasteiger partial charge in [-0.25, -0.2) is 4.39 Å². The highest BCUT2D eigenvalue weighted by Crippen LogP contribution is 2.35. The van der Waals surface area contributed by atoms with E-state index >= 15 is 0 Å². The van der Waals surface area contributed by atoms with Crippen LogP contribution < -0.4 is 0 Å². The molecular formula is C27H32FN3O3. The number of rotatable bonds is 4. The van der Waals surface area contributed by atoms with Crippen LogP contribution in [0.2, 0.25) is 0 Å². The maximum Gasteiger partial charge on any atom is 0.228 e. The van der Waals surface area contributed by atoms with Crippen LogP contribution in [-0.2, 0) is 20.8 Å². The van der Waals surface area contributed by atoms with Crippen LogP contribution in [0.4, 0.5) is 4.39 Å². The second kappa shape index (κ2) is 9.95. The summed E-state index contributed by atoms with van der Waals surface area (Å²) in [6.45, 7) is 6.13. The lowest BCUT2D eigenvalue weighted by atomic mass is 9.78. The molecule has 0 bridgehead atoms. The molecule has 0 spiro atoms. The standard InChI is InChI=1S/C27H32FN3O3/c1-20(32)31-17-16-30(19-24(31)22-6-4-3-5-7-22)26(34)27(2)12-14-29(15-13-27)25(33)18-21-8-10-23(28)11-9-21/h3-11,24H,12-19H2,1-2H3/t24-/m1/s1. The Bertz CT molecular complexity index is 1030. The number of hydrogen-bond donors (Lipinski definition) is 0. The second-order valence-corrected chi connectivity index (χ2v) is 9.63. The number of benzene rings is 2. The second-order valence-electron chi connectivity index (χ2n) is 9.63. The fourth-order valence-corrected chi connectivity index (χ4v) is 5.04. The highest BCUT2D eigenvalue weighted by Gasteiger charge is 2.43. The van der Waals surface area contributed by atoms with Gasteiger partial charge >= 0.3 is 0 Å². The zero-order valence-electron chi connectivity index (χ0n) is 19.9. The zero-order valence-corrected chi connectivity index (χ0v) is 19.9. The molecule has 0 aromatic heterocycles. The third-order valence-corrected chi connectivity index (χ3v) is 7.26. The lowest BCUT2D eigenvalue weighted by Gasteiger charge is -2.46. The predicted molar refractivity (Wildman–Crippen MR) is 127 cm³/mol. The summed E-state index contributed by atoms with van der Waals surface area (Å²) in [5.74, 6) is -0.204. The average Bonchev–Trinajstić information content (AvgIpc) is 2.85. The van der Waals surface area contributed by atoms with Gasteiger partial charge in [-0.15, -0.1) is 0 Å². The Morgan fingerprint density at radius 2 is 1.56 bits per heavy atom. The molecular weight excluding hydrogens is 433 g/mol. The van der Waals surface area contributed by atoms with Crippen molar-refractivity contribution < 1.29 is 18.8 Å². The third-order valence-electron chi connectivity index (χ3n) is 7.26. The van der Waals surface area contributed by atoms with Crippen LogP contribution in [0, 0.1) is 11.2 Å². The molecule has 180 valence electrons. The Labute approximate surface area is 200 Å². The number of halogens is 1. The molecule has 1 atom stereocenters. The van der Waals surface area contributed by atoms with E-state index in [-0.39, 0.29) is 36.0 Å². The van der Waals surface area contributed by atoms with Gasteiger partial charge < -0.3 is 14.7 Å². The first-order valence-electron chi connectivity index (χ1n) is 11.9. The maximum atomic E-state index is 13.6. The van der Waals surface area contributed by atoms with E-state index in [1.54, 1.807) is 24.0 Å². The lowest BCUT2D eigenvalue weighted by molar-refractivity contribution is -0.152. The molecule has 2 fully saturated rings. The quantitative estimate of drug-likeness (QED) is 0.695. The van der Waals surface area contributed by atoms with Gasteiger partial charge in [0.05, 0.1) is 12.5 Å². The molecule has 0 saturated carbocycles. The van der Waals surface area contributed by atoms with Gasteiger partial charge in [-0.3, -0.25) is 14.4 Å². The van der Waals surface area contributed by atoms with Gasteiger partial charge in [0.2, 0.25) is 17.7 Å². The van der Waals surface area contributed by atoms with Crippen molar-refractivity contribution in [3.8, 4) is 0 Å². The molecule has 4 rings (SSSR count). The van der Waals surface area contributed by atoms with Crippen molar-refractivity contribution in [3.05, 3.63) is 71.5 Å². The molecule has 0 N–H and O–H groups in total. The van der Waals surface area contributed by atoms with Crippen molar-refractivity contribution in [2.75, 3.05) is 32.7 Å². The van der Waals surface area contributed by atoms with Crippen molar-refractivity contribution in [1.82, 2.24) is 14.7 Å². The summed E-state index contributed by atoms with van der Waals surface area (Å²) < 4.78 is 13.1. The van der Waals surface area contributed by atoms with Crippen LogP contribution in [0.15, 0.2) is 54.6 Å². The molecule has 2 saturated heterocycles. The first-order valence-corrected chi connectivity index (χ1v) is 11.9. The minimum Gasteiger partial charge on any atom is -0.342 e. The zero-order chi connectivity index (χ0) is 24.3. The Morgan fingerprint density at radius 1 is 0.912 bits per heavy atom. The number of carbonyl (C=O) groups excluding carboxylic acids is 3. The first-order chi connectivity index (χ1) is 16.3. The van der Waals surface area contributed by atoms with Crippen LogP contribution in [0.25, 0.3) is 0 Å². The van der Waals surface area contributed by atoms with E-state index in [0.717, 1.165) is 11.1 Å². The normalized spacial score (nSPS) is 20.2. The van der Waals surface area contributed by atoms with Crippen LogP contribution >= 0.6 is 0 Å². The number of piperidine rings is 1. The molecule has 7 heteroatoms. The fraction of sp³-hybridized carbons (Fsp3) is 0.444. The number of hydrogen-bond acceptors (Lipinski definition) is 3. The smallest absolute Gasteiger partial charge is 0.228 e. The highest BCUT2D eigenvalue weighted by molar-refractivity contribution is 5.84. The Kier molecular flexibility index (Phi) is 7.00. The van der Waals surface area contributed by atoms with E-state index in [0.29, 0.717) is 45.6 Å². The average molecular weight is 466 g/mol. The summed E-state index contributed by atoms with van der Waals surface area (Å²) in [6.07, 6.45) is 1.44. The van der Waals surface area contributed by atoms with Gasteiger partial charge in [-0.05, 0) is 36.1 Å². The highest BCUT2D eigenvalue weighted by atomic mass is 19.1. The maximum absolute atomic E-state index is 13.6. The molecule has 2 heterocycles. The van der Waals surface area contributed by atoms with Crippen LogP contribution in [0.5, 0.6) is 0 Å². The summed E-state index contributed by atoms with van der Waals surface area (Å²) in [5, 5.41) is 0. The largest absolute Gasteiger partial charge is 0.342 e. The number of amides is 3. The SMILES string of the molecule is CC(=O)N1CCN(C(=O)C2(C)CCN(C(=O)Cc3ccc(F)cc3)CC2)C[C@@H]1c1ccccc1. The topological polar surface area (TPSA) is 60.9 Å². The van der Waals surface area contributed by atoms with Gasteiger partial charge in [0.25, 0.3) is 0 Å². The minimum absolute atomic E-state index is 0.000297. The van der Waals surface area contributed by atoms with Crippen LogP contribution in [0.1, 0.15) is 43.9 Å². The van der Waals surface area contributed by atoms with Crippen LogP contribution in [0.3, 0.4) is 0 Å². The van der Waals surface area contributed by atoms with E-state index in [4.69, 9.17) is 0 Å². The lowest BCUT2D eigenvalue weighted by Crippen LogP contribution is -2.56. The van der Waals surface area contributed by atoms with Crippen molar-refractivity contribution in [2.45, 2.75) is 39.2 Å². The van der Waals surface area contributed by atoms with Gasteiger partial charge in [-0.2, -0.15) is 0 Å². The van der Waals surface area contributed by atoms with E-state index in [1.807, 2.05) is 47.1 Å². The molecule has 0 aliphatic carbocycles. The molecule has 2 aliphatic heterocycles. The third kappa shape index (κ3) is 5.13. The molecule has 6 nitrogen and oxygen atoms in total. The number of carbonyl (C=O) groups is 3.